The van der Waals surface area contributed by atoms with E-state index in [-0.39, 0.29) is 24.5 Å². The average molecular weight is 329 g/mol. The molecular formula is C14H21BrN2O2. The Morgan fingerprint density at radius 3 is 2.68 bits per heavy atom. The van der Waals surface area contributed by atoms with E-state index in [9.17, 15) is 4.79 Å². The summed E-state index contributed by atoms with van der Waals surface area (Å²) in [5.41, 5.74) is 0.756. The van der Waals surface area contributed by atoms with E-state index in [1.165, 1.54) is 0 Å². The van der Waals surface area contributed by atoms with E-state index in [2.05, 4.69) is 40.4 Å². The second kappa shape index (κ2) is 7.62. The van der Waals surface area contributed by atoms with Crippen molar-refractivity contribution in [3.05, 3.63) is 28.7 Å². The first-order chi connectivity index (χ1) is 8.94. The van der Waals surface area contributed by atoms with Crippen molar-refractivity contribution in [1.29, 1.82) is 0 Å². The first-order valence-electron chi connectivity index (χ1n) is 6.30. The fourth-order valence-corrected chi connectivity index (χ4v) is 2.05. The highest BCUT2D eigenvalue weighted by Gasteiger charge is 2.17. The maximum absolute atomic E-state index is 11.8. The van der Waals surface area contributed by atoms with Crippen LogP contribution < -0.4 is 10.6 Å². The Morgan fingerprint density at radius 1 is 1.37 bits per heavy atom. The molecule has 0 aromatic heterocycles. The van der Waals surface area contributed by atoms with Crippen LogP contribution >= 0.6 is 15.9 Å². The van der Waals surface area contributed by atoms with Gasteiger partial charge in [0, 0.05) is 17.6 Å². The summed E-state index contributed by atoms with van der Waals surface area (Å²) >= 11 is 3.38. The lowest BCUT2D eigenvalue weighted by atomic mass is 9.90. The Hall–Kier alpha value is -0.910. The van der Waals surface area contributed by atoms with Crippen molar-refractivity contribution in [2.75, 3.05) is 25.0 Å². The minimum atomic E-state index is -0.0771. The van der Waals surface area contributed by atoms with Gasteiger partial charge in [-0.25, -0.2) is 0 Å². The Balaban J connectivity index is 2.35. The number of aliphatic hydroxyl groups is 1. The first kappa shape index (κ1) is 16.1. The molecule has 4 nitrogen and oxygen atoms in total. The molecule has 0 saturated heterocycles. The Bertz CT molecular complexity index is 422. The molecule has 0 bridgehead atoms. The third-order valence-electron chi connectivity index (χ3n) is 2.83. The van der Waals surface area contributed by atoms with Crippen LogP contribution in [0, 0.1) is 5.41 Å². The molecule has 0 fully saturated rings. The summed E-state index contributed by atoms with van der Waals surface area (Å²) in [5, 5.41) is 14.9. The van der Waals surface area contributed by atoms with Gasteiger partial charge < -0.3 is 15.7 Å². The zero-order chi connectivity index (χ0) is 14.3. The second-order valence-corrected chi connectivity index (χ2v) is 6.12. The molecule has 0 aliphatic heterocycles. The second-order valence-electron chi connectivity index (χ2n) is 5.27. The fraction of sp³-hybridized carbons (Fsp3) is 0.500. The van der Waals surface area contributed by atoms with Gasteiger partial charge in [0.1, 0.15) is 0 Å². The van der Waals surface area contributed by atoms with E-state index in [1.807, 2.05) is 24.3 Å². The van der Waals surface area contributed by atoms with Gasteiger partial charge in [0.15, 0.2) is 0 Å². The maximum atomic E-state index is 11.8. The maximum Gasteiger partial charge on any atom is 0.238 e. The number of amides is 1. The number of benzene rings is 1. The number of para-hydroxylation sites is 1. The SMILES string of the molecule is CC(C)(CCO)CNCC(=O)Nc1ccccc1Br. The molecule has 19 heavy (non-hydrogen) atoms. The molecule has 0 unspecified atom stereocenters. The Labute approximate surface area is 122 Å². The minimum absolute atomic E-state index is 0.0115. The van der Waals surface area contributed by atoms with Crippen LogP contribution in [0.15, 0.2) is 28.7 Å². The number of aliphatic hydroxyl groups excluding tert-OH is 1. The molecule has 1 amide bonds. The summed E-state index contributed by atoms with van der Waals surface area (Å²) in [5.74, 6) is -0.0771. The lowest BCUT2D eigenvalue weighted by Crippen LogP contribution is -2.35. The zero-order valence-electron chi connectivity index (χ0n) is 11.4. The molecule has 106 valence electrons. The van der Waals surface area contributed by atoms with Gasteiger partial charge >= 0.3 is 0 Å². The van der Waals surface area contributed by atoms with Crippen LogP contribution in [0.25, 0.3) is 0 Å². The monoisotopic (exact) mass is 328 g/mol. The van der Waals surface area contributed by atoms with Crippen LogP contribution in [0.5, 0.6) is 0 Å². The quantitative estimate of drug-likeness (QED) is 0.720. The van der Waals surface area contributed by atoms with Gasteiger partial charge in [0.05, 0.1) is 12.2 Å². The van der Waals surface area contributed by atoms with Gasteiger partial charge in [-0.1, -0.05) is 26.0 Å². The molecule has 0 saturated carbocycles. The van der Waals surface area contributed by atoms with E-state index in [0.717, 1.165) is 10.2 Å². The number of rotatable bonds is 7. The third-order valence-corrected chi connectivity index (χ3v) is 3.52. The summed E-state index contributed by atoms with van der Waals surface area (Å²) in [4.78, 5) is 11.8. The zero-order valence-corrected chi connectivity index (χ0v) is 13.0. The topological polar surface area (TPSA) is 61.4 Å². The highest BCUT2D eigenvalue weighted by molar-refractivity contribution is 9.10. The highest BCUT2D eigenvalue weighted by atomic mass is 79.9. The predicted molar refractivity (Wildman–Crippen MR) is 81.1 cm³/mol. The van der Waals surface area contributed by atoms with Gasteiger partial charge in [-0.3, -0.25) is 4.79 Å². The molecule has 0 atom stereocenters. The lowest BCUT2D eigenvalue weighted by molar-refractivity contribution is -0.115. The largest absolute Gasteiger partial charge is 0.396 e. The van der Waals surface area contributed by atoms with Crippen molar-refractivity contribution in [2.24, 2.45) is 5.41 Å². The number of anilines is 1. The molecule has 0 aliphatic carbocycles. The van der Waals surface area contributed by atoms with Gasteiger partial charge in [0.2, 0.25) is 5.91 Å². The van der Waals surface area contributed by atoms with Crippen molar-refractivity contribution in [2.45, 2.75) is 20.3 Å². The number of carbonyl (C=O) groups is 1. The van der Waals surface area contributed by atoms with Crippen LogP contribution in [0.4, 0.5) is 5.69 Å². The van der Waals surface area contributed by atoms with Crippen LogP contribution in [0.1, 0.15) is 20.3 Å². The number of hydrogen-bond donors (Lipinski definition) is 3. The van der Waals surface area contributed by atoms with E-state index >= 15 is 0 Å². The molecule has 5 heteroatoms. The minimum Gasteiger partial charge on any atom is -0.396 e. The van der Waals surface area contributed by atoms with E-state index < -0.39 is 0 Å². The molecule has 3 N–H and O–H groups in total. The molecule has 1 aromatic rings. The average Bonchev–Trinajstić information content (AvgIpc) is 2.31. The van der Waals surface area contributed by atoms with Crippen LogP contribution in [0.3, 0.4) is 0 Å². The van der Waals surface area contributed by atoms with Crippen LogP contribution in [-0.2, 0) is 4.79 Å². The molecule has 0 spiro atoms. The molecule has 1 aromatic carbocycles. The summed E-state index contributed by atoms with van der Waals surface area (Å²) in [6, 6.07) is 7.50. The van der Waals surface area contributed by atoms with Gasteiger partial charge in [-0.15, -0.1) is 0 Å². The molecule has 0 aliphatic rings. The number of nitrogens with one attached hydrogen (secondary N) is 2. The van der Waals surface area contributed by atoms with Crippen molar-refractivity contribution >= 4 is 27.5 Å². The predicted octanol–water partition coefficient (Wildman–Crippen LogP) is 2.39. The van der Waals surface area contributed by atoms with Crippen LogP contribution in [0.2, 0.25) is 0 Å². The van der Waals surface area contributed by atoms with Gasteiger partial charge in [-0.05, 0) is 39.9 Å². The Morgan fingerprint density at radius 2 is 2.05 bits per heavy atom. The molecule has 0 radical (unpaired) electrons. The van der Waals surface area contributed by atoms with Crippen molar-refractivity contribution in [1.82, 2.24) is 5.32 Å². The summed E-state index contributed by atoms with van der Waals surface area (Å²) in [6.45, 7) is 5.23. The van der Waals surface area contributed by atoms with Crippen LogP contribution in [-0.4, -0.2) is 30.7 Å². The first-order valence-corrected chi connectivity index (χ1v) is 7.10. The number of hydrogen-bond acceptors (Lipinski definition) is 3. The number of halogens is 1. The standard InChI is InChI=1S/C14H21BrN2O2/c1-14(2,7-8-18)10-16-9-13(19)17-12-6-4-3-5-11(12)15/h3-6,16,18H,7-10H2,1-2H3,(H,17,19). The number of carbonyl (C=O) groups excluding carboxylic acids is 1. The summed E-state index contributed by atoms with van der Waals surface area (Å²) in [7, 11) is 0. The normalized spacial score (nSPS) is 11.4. The summed E-state index contributed by atoms with van der Waals surface area (Å²) < 4.78 is 0.865. The van der Waals surface area contributed by atoms with Gasteiger partial charge in [-0.2, -0.15) is 0 Å². The van der Waals surface area contributed by atoms with E-state index in [4.69, 9.17) is 5.11 Å². The molecule has 1 rings (SSSR count). The van der Waals surface area contributed by atoms with Crippen molar-refractivity contribution in [3.63, 3.8) is 0 Å². The van der Waals surface area contributed by atoms with E-state index in [1.54, 1.807) is 0 Å². The molecule has 0 heterocycles. The summed E-state index contributed by atoms with van der Waals surface area (Å²) in [6.07, 6.45) is 0.714. The lowest BCUT2D eigenvalue weighted by Gasteiger charge is -2.23. The van der Waals surface area contributed by atoms with Crippen molar-refractivity contribution < 1.29 is 9.90 Å². The van der Waals surface area contributed by atoms with Crippen molar-refractivity contribution in [3.8, 4) is 0 Å². The third kappa shape index (κ3) is 6.18. The Kier molecular flexibility index (Phi) is 6.48. The van der Waals surface area contributed by atoms with Gasteiger partial charge in [0.25, 0.3) is 0 Å². The fourth-order valence-electron chi connectivity index (χ4n) is 1.66. The highest BCUT2D eigenvalue weighted by Crippen LogP contribution is 2.21. The smallest absolute Gasteiger partial charge is 0.238 e. The van der Waals surface area contributed by atoms with E-state index in [0.29, 0.717) is 13.0 Å². The molecular weight excluding hydrogens is 308 g/mol.